The number of nitrogens with zero attached hydrogens (tertiary/aromatic N) is 1. The summed E-state index contributed by atoms with van der Waals surface area (Å²) in [6, 6.07) is 12.6. The van der Waals surface area contributed by atoms with E-state index in [1.807, 2.05) is 29.2 Å². The Morgan fingerprint density at radius 2 is 1.97 bits per heavy atom. The molecular weight excluding hydrogens is 497 g/mol. The first kappa shape index (κ1) is 30.6. The van der Waals surface area contributed by atoms with E-state index < -0.39 is 17.5 Å². The summed E-state index contributed by atoms with van der Waals surface area (Å²) in [5, 5.41) is 15.2. The van der Waals surface area contributed by atoms with Crippen molar-refractivity contribution in [3.63, 3.8) is 0 Å². The van der Waals surface area contributed by atoms with Crippen LogP contribution < -0.4 is 11.1 Å². The second-order valence-electron chi connectivity index (χ2n) is 10.4. The molecule has 0 bridgehead atoms. The number of ether oxygens (including phenoxy) is 1. The van der Waals surface area contributed by atoms with Crippen LogP contribution in [0.5, 0.6) is 0 Å². The summed E-state index contributed by atoms with van der Waals surface area (Å²) in [7, 11) is 1.30. The molecule has 0 aliphatic carbocycles. The Morgan fingerprint density at radius 3 is 2.72 bits per heavy atom. The fourth-order valence-electron chi connectivity index (χ4n) is 5.65. The van der Waals surface area contributed by atoms with Gasteiger partial charge in [-0.2, -0.15) is 0 Å². The van der Waals surface area contributed by atoms with Crippen LogP contribution in [-0.2, 0) is 21.6 Å². The lowest BCUT2D eigenvalue weighted by Crippen LogP contribution is -2.48. The lowest BCUT2D eigenvalue weighted by Gasteiger charge is -2.43. The Hall–Kier alpha value is -2.97. The minimum Gasteiger partial charge on any atom is -0.453 e. The molecule has 2 atom stereocenters. The van der Waals surface area contributed by atoms with Crippen molar-refractivity contribution in [2.45, 2.75) is 70.3 Å². The van der Waals surface area contributed by atoms with Gasteiger partial charge in [0, 0.05) is 37.5 Å². The van der Waals surface area contributed by atoms with Gasteiger partial charge in [-0.25, -0.2) is 9.18 Å². The maximum atomic E-state index is 15.6. The number of halogens is 1. The quantitative estimate of drug-likeness (QED) is 0.305. The average molecular weight is 542 g/mol. The van der Waals surface area contributed by atoms with Crippen molar-refractivity contribution in [1.29, 1.82) is 0 Å². The van der Waals surface area contributed by atoms with Crippen LogP contribution in [0.1, 0.15) is 69.4 Å². The summed E-state index contributed by atoms with van der Waals surface area (Å²) in [4.78, 5) is 26.5. The lowest BCUT2D eigenvalue weighted by molar-refractivity contribution is -0.136. The van der Waals surface area contributed by atoms with E-state index in [9.17, 15) is 14.7 Å². The van der Waals surface area contributed by atoms with Crippen LogP contribution in [0.15, 0.2) is 42.5 Å². The Labute approximate surface area is 231 Å². The molecule has 3 rings (SSSR count). The molecule has 2 amide bonds. The highest BCUT2D eigenvalue weighted by Crippen LogP contribution is 2.44. The average Bonchev–Trinajstić information content (AvgIpc) is 2.97. The van der Waals surface area contributed by atoms with E-state index in [0.717, 1.165) is 43.2 Å². The van der Waals surface area contributed by atoms with E-state index in [-0.39, 0.29) is 11.8 Å². The fourth-order valence-corrected chi connectivity index (χ4v) is 5.65. The molecule has 0 radical (unpaired) electrons. The number of hydrogen-bond donors (Lipinski definition) is 3. The smallest absolute Gasteiger partial charge is 0.406 e. The first-order valence-electron chi connectivity index (χ1n) is 14.2. The van der Waals surface area contributed by atoms with E-state index >= 15 is 4.39 Å². The highest BCUT2D eigenvalue weighted by Gasteiger charge is 2.43. The summed E-state index contributed by atoms with van der Waals surface area (Å²) < 4.78 is 20.2. The molecule has 7 nitrogen and oxygen atoms in total. The monoisotopic (exact) mass is 541 g/mol. The van der Waals surface area contributed by atoms with Gasteiger partial charge in [0.05, 0.1) is 12.7 Å². The van der Waals surface area contributed by atoms with Crippen LogP contribution in [-0.4, -0.2) is 55.3 Å². The first-order valence-corrected chi connectivity index (χ1v) is 14.2. The van der Waals surface area contributed by atoms with Gasteiger partial charge in [0.1, 0.15) is 5.82 Å². The number of unbranched alkanes of at least 4 members (excludes halogenated alkanes) is 2. The number of piperidine rings is 1. The van der Waals surface area contributed by atoms with Gasteiger partial charge in [-0.1, -0.05) is 49.7 Å². The molecule has 1 saturated heterocycles. The Balaban J connectivity index is 1.95. The second kappa shape index (κ2) is 15.0. The second-order valence-corrected chi connectivity index (χ2v) is 10.4. The van der Waals surface area contributed by atoms with E-state index in [1.54, 1.807) is 12.1 Å². The van der Waals surface area contributed by atoms with Gasteiger partial charge in [0.15, 0.2) is 0 Å². The molecule has 214 valence electrons. The largest absolute Gasteiger partial charge is 0.453 e. The number of carbonyl (C=O) groups is 2. The Morgan fingerprint density at radius 1 is 1.18 bits per heavy atom. The number of aliphatic hydroxyl groups is 1. The predicted octanol–water partition coefficient (Wildman–Crippen LogP) is 5.14. The van der Waals surface area contributed by atoms with Crippen LogP contribution in [0.2, 0.25) is 0 Å². The minimum atomic E-state index is -1.41. The molecule has 1 aliphatic rings. The number of nitrogens with two attached hydrogens (primary N) is 1. The molecule has 2 aromatic carbocycles. The van der Waals surface area contributed by atoms with Gasteiger partial charge in [0.2, 0.25) is 5.91 Å². The predicted molar refractivity (Wildman–Crippen MR) is 152 cm³/mol. The number of rotatable bonds is 13. The standard InChI is InChI=1S/C31H44FN3O4/c1-3-23-11-7-12-24(21-23)29-26(14-8-15-27(29)32)31(38,17-10-19-34-30(37)39-2)25-13-9-20-35(22-25)28(36)16-5-4-6-18-33/h7-8,11-12,14-15,21,25,38H,3-6,9-10,13,16-20,22,33H2,1-2H3,(H,34,37). The number of amides is 2. The van der Waals surface area contributed by atoms with Gasteiger partial charge < -0.3 is 25.8 Å². The third-order valence-corrected chi connectivity index (χ3v) is 7.84. The number of nitrogens with one attached hydrogen (secondary N) is 1. The lowest BCUT2D eigenvalue weighted by atomic mass is 9.72. The molecule has 1 fully saturated rings. The molecule has 2 aromatic rings. The zero-order chi connectivity index (χ0) is 28.3. The van der Waals surface area contributed by atoms with Crippen molar-refractivity contribution in [1.82, 2.24) is 10.2 Å². The molecule has 39 heavy (non-hydrogen) atoms. The third kappa shape index (κ3) is 8.02. The van der Waals surface area contributed by atoms with Crippen LogP contribution in [0.4, 0.5) is 9.18 Å². The molecule has 0 spiro atoms. The van der Waals surface area contributed by atoms with Gasteiger partial charge in [-0.05, 0) is 74.2 Å². The number of carbonyl (C=O) groups excluding carboxylic acids is 2. The normalized spacial score (nSPS) is 16.9. The van der Waals surface area contributed by atoms with Gasteiger partial charge in [-0.15, -0.1) is 0 Å². The number of methoxy groups -OCH3 is 1. The molecule has 1 heterocycles. The first-order chi connectivity index (χ1) is 18.8. The van der Waals surface area contributed by atoms with Crippen molar-refractivity contribution < 1.29 is 23.8 Å². The molecule has 0 aromatic heterocycles. The third-order valence-electron chi connectivity index (χ3n) is 7.84. The van der Waals surface area contributed by atoms with E-state index in [4.69, 9.17) is 5.73 Å². The van der Waals surface area contributed by atoms with E-state index in [0.29, 0.717) is 63.0 Å². The summed E-state index contributed by atoms with van der Waals surface area (Å²) in [5.41, 5.74) is 6.89. The Bertz CT molecular complexity index is 1100. The summed E-state index contributed by atoms with van der Waals surface area (Å²) in [6.07, 6.45) is 5.57. The summed E-state index contributed by atoms with van der Waals surface area (Å²) >= 11 is 0. The SMILES string of the molecule is CCc1cccc(-c2c(F)cccc2C(O)(CCCNC(=O)OC)C2CCCN(C(=O)CCCCCN)C2)c1. The van der Waals surface area contributed by atoms with Crippen LogP contribution in [0, 0.1) is 11.7 Å². The zero-order valence-electron chi connectivity index (χ0n) is 23.4. The van der Waals surface area contributed by atoms with Crippen molar-refractivity contribution in [2.75, 3.05) is 33.3 Å². The van der Waals surface area contributed by atoms with Gasteiger partial charge >= 0.3 is 6.09 Å². The van der Waals surface area contributed by atoms with Crippen molar-refractivity contribution in [2.24, 2.45) is 11.7 Å². The maximum absolute atomic E-state index is 15.6. The van der Waals surface area contributed by atoms with Gasteiger partial charge in [-0.3, -0.25) is 4.79 Å². The molecule has 2 unspecified atom stereocenters. The van der Waals surface area contributed by atoms with Crippen molar-refractivity contribution in [3.05, 3.63) is 59.4 Å². The fraction of sp³-hybridized carbons (Fsp3) is 0.548. The highest BCUT2D eigenvalue weighted by atomic mass is 19.1. The van der Waals surface area contributed by atoms with Crippen LogP contribution >= 0.6 is 0 Å². The molecule has 0 saturated carbocycles. The Kier molecular flexibility index (Phi) is 11.7. The molecule has 8 heteroatoms. The molecular formula is C31H44FN3O4. The number of likely N-dealkylation sites (tertiary alicyclic amines) is 1. The summed E-state index contributed by atoms with van der Waals surface area (Å²) in [5.74, 6) is -0.593. The molecule has 1 aliphatic heterocycles. The van der Waals surface area contributed by atoms with E-state index in [1.165, 1.54) is 13.2 Å². The van der Waals surface area contributed by atoms with Crippen LogP contribution in [0.3, 0.4) is 0 Å². The molecule has 4 N–H and O–H groups in total. The van der Waals surface area contributed by atoms with E-state index in [2.05, 4.69) is 17.0 Å². The number of hydrogen-bond acceptors (Lipinski definition) is 5. The number of benzene rings is 2. The maximum Gasteiger partial charge on any atom is 0.406 e. The topological polar surface area (TPSA) is 105 Å². The number of aryl methyl sites for hydroxylation is 1. The van der Waals surface area contributed by atoms with Crippen molar-refractivity contribution in [3.8, 4) is 11.1 Å². The minimum absolute atomic E-state index is 0.0848. The summed E-state index contributed by atoms with van der Waals surface area (Å²) in [6.45, 7) is 4.04. The zero-order valence-corrected chi connectivity index (χ0v) is 23.4. The van der Waals surface area contributed by atoms with Gasteiger partial charge in [0.25, 0.3) is 0 Å². The number of alkyl carbamates (subject to hydrolysis) is 1. The van der Waals surface area contributed by atoms with Crippen LogP contribution in [0.25, 0.3) is 11.1 Å². The van der Waals surface area contributed by atoms with Crippen molar-refractivity contribution >= 4 is 12.0 Å². The highest BCUT2D eigenvalue weighted by molar-refractivity contribution is 5.76.